The molecule has 1 aromatic carbocycles. The first-order valence-corrected chi connectivity index (χ1v) is 5.71. The Labute approximate surface area is 113 Å². The van der Waals surface area contributed by atoms with Gasteiger partial charge in [0.1, 0.15) is 17.6 Å². The van der Waals surface area contributed by atoms with Crippen LogP contribution in [0.5, 0.6) is 0 Å². The van der Waals surface area contributed by atoms with Gasteiger partial charge in [0.25, 0.3) is 5.91 Å². The maximum atomic E-state index is 11.7. The zero-order valence-electron chi connectivity index (χ0n) is 10.1. The molecule has 0 aliphatic carbocycles. The van der Waals surface area contributed by atoms with E-state index in [2.05, 4.69) is 9.98 Å². The van der Waals surface area contributed by atoms with Gasteiger partial charge < -0.3 is 10.7 Å². The summed E-state index contributed by atoms with van der Waals surface area (Å²) in [5.74, 6) is -0.701. The van der Waals surface area contributed by atoms with Crippen LogP contribution in [-0.4, -0.2) is 10.9 Å². The van der Waals surface area contributed by atoms with Gasteiger partial charge in [-0.3, -0.25) is 4.79 Å². The minimum absolute atomic E-state index is 0.130. The van der Waals surface area contributed by atoms with Crippen molar-refractivity contribution in [1.29, 1.82) is 10.5 Å². The third-order valence-corrected chi connectivity index (χ3v) is 3.11. The molecule has 20 heavy (non-hydrogen) atoms. The van der Waals surface area contributed by atoms with Crippen molar-refractivity contribution >= 4 is 17.2 Å². The highest BCUT2D eigenvalue weighted by atomic mass is 16.1. The first-order chi connectivity index (χ1) is 9.67. The van der Waals surface area contributed by atoms with Crippen LogP contribution in [0, 0.1) is 22.7 Å². The number of benzene rings is 1. The Balaban J connectivity index is 2.51. The molecule has 0 bridgehead atoms. The van der Waals surface area contributed by atoms with Gasteiger partial charge in [-0.25, -0.2) is 4.99 Å². The highest BCUT2D eigenvalue weighted by molar-refractivity contribution is 6.03. The predicted molar refractivity (Wildman–Crippen MR) is 69.8 cm³/mol. The molecule has 1 aromatic heterocycles. The van der Waals surface area contributed by atoms with Gasteiger partial charge in [-0.2, -0.15) is 10.5 Å². The quantitative estimate of drug-likeness (QED) is 0.653. The number of carbonyl (C=O) groups excluding carboxylic acids is 1. The van der Waals surface area contributed by atoms with Crippen LogP contribution < -0.4 is 16.6 Å². The topological polar surface area (TPSA) is 119 Å². The molecule has 2 heterocycles. The largest absolute Gasteiger partial charge is 0.366 e. The summed E-state index contributed by atoms with van der Waals surface area (Å²) in [6.45, 7) is 0. The van der Waals surface area contributed by atoms with Crippen molar-refractivity contribution in [1.82, 2.24) is 4.98 Å². The Bertz CT molecular complexity index is 937. The summed E-state index contributed by atoms with van der Waals surface area (Å²) in [6.07, 6.45) is 0. The standard InChI is InChI=1S/C14H7N5O/c15-5-7(6-16)12-11(13(17)20)10-8-3-1-2-4-9(8)18-14(10)19-12/h1-4H,(H2,17,20)(H,18,19). The summed E-state index contributed by atoms with van der Waals surface area (Å²) in [6, 6.07) is 10.8. The number of carbonyl (C=O) groups is 1. The van der Waals surface area contributed by atoms with Gasteiger partial charge in [0.15, 0.2) is 5.57 Å². The fourth-order valence-corrected chi connectivity index (χ4v) is 2.31. The van der Waals surface area contributed by atoms with Gasteiger partial charge in [0, 0.05) is 11.1 Å². The minimum Gasteiger partial charge on any atom is -0.366 e. The monoisotopic (exact) mass is 261 g/mol. The number of aromatic amines is 1. The Morgan fingerprint density at radius 2 is 1.95 bits per heavy atom. The third kappa shape index (κ3) is 1.43. The number of nitrogens with one attached hydrogen (secondary N) is 1. The molecule has 0 atom stereocenters. The lowest BCUT2D eigenvalue weighted by atomic mass is 10.0. The highest BCUT2D eigenvalue weighted by Crippen LogP contribution is 2.32. The van der Waals surface area contributed by atoms with E-state index in [4.69, 9.17) is 16.3 Å². The van der Waals surface area contributed by atoms with Crippen LogP contribution in [0.15, 0.2) is 29.3 Å². The van der Waals surface area contributed by atoms with Gasteiger partial charge >= 0.3 is 0 Å². The van der Waals surface area contributed by atoms with Crippen molar-refractivity contribution in [3.05, 3.63) is 40.7 Å². The van der Waals surface area contributed by atoms with Crippen LogP contribution >= 0.6 is 0 Å². The number of nitrogens with two attached hydrogens (primary N) is 1. The van der Waals surface area contributed by atoms with E-state index in [1.807, 2.05) is 24.3 Å². The molecule has 94 valence electrons. The number of H-pyrrole nitrogens is 1. The molecule has 1 aliphatic heterocycles. The zero-order chi connectivity index (χ0) is 14.3. The first-order valence-electron chi connectivity index (χ1n) is 5.71. The summed E-state index contributed by atoms with van der Waals surface area (Å²) in [5.41, 5.74) is 7.81. The number of aromatic nitrogens is 1. The van der Waals surface area contributed by atoms with E-state index in [-0.39, 0.29) is 16.5 Å². The number of fused-ring (bicyclic) bond motifs is 3. The molecule has 0 saturated carbocycles. The van der Waals surface area contributed by atoms with Crippen molar-refractivity contribution in [2.75, 3.05) is 0 Å². The highest BCUT2D eigenvalue weighted by Gasteiger charge is 2.24. The number of nitriles is 2. The molecule has 0 spiro atoms. The average Bonchev–Trinajstić information content (AvgIpc) is 2.95. The van der Waals surface area contributed by atoms with Gasteiger partial charge in [-0.1, -0.05) is 18.2 Å². The van der Waals surface area contributed by atoms with Crippen LogP contribution in [0.4, 0.5) is 5.69 Å². The molecule has 1 aliphatic rings. The lowest BCUT2D eigenvalue weighted by molar-refractivity contribution is 0.1000. The van der Waals surface area contributed by atoms with Crippen molar-refractivity contribution in [3.8, 4) is 23.3 Å². The number of para-hydroxylation sites is 1. The van der Waals surface area contributed by atoms with Crippen molar-refractivity contribution in [2.45, 2.75) is 0 Å². The van der Waals surface area contributed by atoms with Gasteiger partial charge in [-0.15, -0.1) is 0 Å². The molecule has 0 fully saturated rings. The molecule has 0 unspecified atom stereocenters. The second kappa shape index (κ2) is 4.08. The molecule has 6 heteroatoms. The number of hydrogen-bond acceptors (Lipinski definition) is 4. The number of hydrogen-bond donors (Lipinski definition) is 2. The third-order valence-electron chi connectivity index (χ3n) is 3.11. The molecule has 2 aromatic rings. The summed E-state index contributed by atoms with van der Waals surface area (Å²) in [7, 11) is 0. The Hall–Kier alpha value is -3.38. The molecule has 3 rings (SSSR count). The van der Waals surface area contributed by atoms with Gasteiger partial charge in [0.2, 0.25) is 0 Å². The summed E-state index contributed by atoms with van der Waals surface area (Å²) in [4.78, 5) is 18.9. The normalized spacial score (nSPS) is 10.7. The number of amides is 1. The van der Waals surface area contributed by atoms with Crippen LogP contribution in [-0.2, 0) is 0 Å². The molecule has 1 amide bonds. The van der Waals surface area contributed by atoms with Crippen LogP contribution in [0.1, 0.15) is 10.4 Å². The molecule has 0 radical (unpaired) electrons. The fraction of sp³-hybridized carbons (Fsp3) is 0. The maximum absolute atomic E-state index is 11.7. The molecule has 0 saturated heterocycles. The van der Waals surface area contributed by atoms with E-state index in [9.17, 15) is 4.79 Å². The second-order valence-electron chi connectivity index (χ2n) is 4.19. The second-order valence-corrected chi connectivity index (χ2v) is 4.19. The van der Waals surface area contributed by atoms with Gasteiger partial charge in [0.05, 0.1) is 16.6 Å². The SMILES string of the molecule is N#CC(C#N)=c1[nH]c2c(c1C(N)=O)-c1ccccc1N=2. The lowest BCUT2D eigenvalue weighted by Gasteiger charge is -2.00. The molecular weight excluding hydrogens is 254 g/mol. The summed E-state index contributed by atoms with van der Waals surface area (Å²) >= 11 is 0. The summed E-state index contributed by atoms with van der Waals surface area (Å²) in [5, 5.41) is 18.0. The predicted octanol–water partition coefficient (Wildman–Crippen LogP) is 0.243. The first kappa shape index (κ1) is 11.7. The minimum atomic E-state index is -0.701. The number of nitrogens with zero attached hydrogens (tertiary/aromatic N) is 3. The Morgan fingerprint density at radius 3 is 2.60 bits per heavy atom. The van der Waals surface area contributed by atoms with E-state index in [1.165, 1.54) is 0 Å². The molecule has 3 N–H and O–H groups in total. The molecular formula is C14H7N5O. The number of primary amides is 1. The van der Waals surface area contributed by atoms with E-state index in [0.717, 1.165) is 11.3 Å². The van der Waals surface area contributed by atoms with Crippen molar-refractivity contribution in [2.24, 2.45) is 10.7 Å². The lowest BCUT2D eigenvalue weighted by Crippen LogP contribution is -2.23. The van der Waals surface area contributed by atoms with E-state index in [0.29, 0.717) is 11.1 Å². The van der Waals surface area contributed by atoms with E-state index < -0.39 is 5.91 Å². The fourth-order valence-electron chi connectivity index (χ4n) is 2.31. The molecule has 6 nitrogen and oxygen atoms in total. The summed E-state index contributed by atoms with van der Waals surface area (Å²) < 4.78 is 0. The maximum Gasteiger partial charge on any atom is 0.251 e. The van der Waals surface area contributed by atoms with Crippen molar-refractivity contribution in [3.63, 3.8) is 0 Å². The van der Waals surface area contributed by atoms with E-state index in [1.54, 1.807) is 12.1 Å². The van der Waals surface area contributed by atoms with Gasteiger partial charge in [-0.05, 0) is 6.07 Å². The van der Waals surface area contributed by atoms with Crippen molar-refractivity contribution < 1.29 is 4.79 Å². The number of rotatable bonds is 1. The Morgan fingerprint density at radius 1 is 1.25 bits per heavy atom. The van der Waals surface area contributed by atoms with E-state index >= 15 is 0 Å². The van der Waals surface area contributed by atoms with Crippen LogP contribution in [0.25, 0.3) is 16.7 Å². The average molecular weight is 261 g/mol. The van der Waals surface area contributed by atoms with Crippen LogP contribution in [0.2, 0.25) is 0 Å². The smallest absolute Gasteiger partial charge is 0.251 e. The zero-order valence-corrected chi connectivity index (χ0v) is 10.1. The van der Waals surface area contributed by atoms with Crippen LogP contribution in [0.3, 0.4) is 0 Å². The Kier molecular flexibility index (Phi) is 2.38.